The number of hydrogen-bond donors (Lipinski definition) is 2. The lowest BCUT2D eigenvalue weighted by Gasteiger charge is -2.32. The minimum atomic E-state index is -0.190. The van der Waals surface area contributed by atoms with Crippen molar-refractivity contribution in [3.8, 4) is 5.75 Å². The first-order valence-corrected chi connectivity index (χ1v) is 8.53. The molecular formula is C20H22N2O3. The lowest BCUT2D eigenvalue weighted by molar-refractivity contribution is -0.131. The van der Waals surface area contributed by atoms with Crippen molar-refractivity contribution in [3.63, 3.8) is 0 Å². The summed E-state index contributed by atoms with van der Waals surface area (Å²) in [5, 5.41) is 12.4. The number of carbonyl (C=O) groups is 2. The summed E-state index contributed by atoms with van der Waals surface area (Å²) < 4.78 is 0. The van der Waals surface area contributed by atoms with Crippen LogP contribution in [0.5, 0.6) is 5.75 Å². The molecule has 2 amide bonds. The number of aromatic hydroxyl groups is 1. The second-order valence-electron chi connectivity index (χ2n) is 6.34. The molecule has 0 radical (unpaired) electrons. The van der Waals surface area contributed by atoms with Crippen LogP contribution in [0.1, 0.15) is 28.8 Å². The van der Waals surface area contributed by atoms with Crippen LogP contribution < -0.4 is 5.32 Å². The maximum Gasteiger partial charge on any atom is 0.251 e. The molecule has 25 heavy (non-hydrogen) atoms. The predicted octanol–water partition coefficient (Wildman–Crippen LogP) is 2.36. The highest BCUT2D eigenvalue weighted by molar-refractivity contribution is 5.94. The van der Waals surface area contributed by atoms with E-state index in [1.165, 1.54) is 12.1 Å². The Bertz CT molecular complexity index is 738. The molecule has 0 saturated carbocycles. The van der Waals surface area contributed by atoms with E-state index in [1.807, 2.05) is 35.2 Å². The summed E-state index contributed by atoms with van der Waals surface area (Å²) in [4.78, 5) is 26.5. The first-order valence-electron chi connectivity index (χ1n) is 8.53. The number of likely N-dealkylation sites (tertiary alicyclic amines) is 1. The molecular weight excluding hydrogens is 316 g/mol. The third-order valence-electron chi connectivity index (χ3n) is 4.49. The molecule has 0 atom stereocenters. The quantitative estimate of drug-likeness (QED) is 0.899. The minimum Gasteiger partial charge on any atom is -0.508 e. The standard InChI is InChI=1S/C20H22N2O3/c23-18-8-4-7-16(14-18)20(25)21-17-9-11-22(12-10-17)19(24)13-15-5-2-1-3-6-15/h1-8,14,17,23H,9-13H2,(H,21,25). The zero-order chi connectivity index (χ0) is 17.6. The maximum absolute atomic E-state index is 12.4. The van der Waals surface area contributed by atoms with Gasteiger partial charge in [-0.25, -0.2) is 0 Å². The fraction of sp³-hybridized carbons (Fsp3) is 0.300. The van der Waals surface area contributed by atoms with Gasteiger partial charge in [-0.05, 0) is 36.6 Å². The van der Waals surface area contributed by atoms with Crippen molar-refractivity contribution in [3.05, 3.63) is 65.7 Å². The minimum absolute atomic E-state index is 0.0515. The largest absolute Gasteiger partial charge is 0.508 e. The number of rotatable bonds is 4. The Labute approximate surface area is 147 Å². The van der Waals surface area contributed by atoms with Crippen LogP contribution >= 0.6 is 0 Å². The van der Waals surface area contributed by atoms with Gasteiger partial charge in [0.1, 0.15) is 5.75 Å². The van der Waals surface area contributed by atoms with Gasteiger partial charge in [-0.3, -0.25) is 9.59 Å². The summed E-state index contributed by atoms with van der Waals surface area (Å²) in [7, 11) is 0. The molecule has 1 saturated heterocycles. The SMILES string of the molecule is O=C(NC1CCN(C(=O)Cc2ccccc2)CC1)c1cccc(O)c1. The van der Waals surface area contributed by atoms with Crippen molar-refractivity contribution in [1.29, 1.82) is 0 Å². The summed E-state index contributed by atoms with van der Waals surface area (Å²) in [5.41, 5.74) is 1.47. The fourth-order valence-electron chi connectivity index (χ4n) is 3.07. The number of phenols is 1. The summed E-state index contributed by atoms with van der Waals surface area (Å²) in [6.45, 7) is 1.30. The van der Waals surface area contributed by atoms with Gasteiger partial charge in [-0.2, -0.15) is 0 Å². The van der Waals surface area contributed by atoms with Gasteiger partial charge in [-0.1, -0.05) is 36.4 Å². The average molecular weight is 338 g/mol. The van der Waals surface area contributed by atoms with Crippen LogP contribution in [-0.2, 0) is 11.2 Å². The van der Waals surface area contributed by atoms with Crippen LogP contribution in [-0.4, -0.2) is 41.0 Å². The lowest BCUT2D eigenvalue weighted by atomic mass is 10.0. The third kappa shape index (κ3) is 4.59. The van der Waals surface area contributed by atoms with Crippen LogP contribution in [0.4, 0.5) is 0 Å². The molecule has 0 spiro atoms. The van der Waals surface area contributed by atoms with E-state index in [9.17, 15) is 14.7 Å². The molecule has 0 unspecified atom stereocenters. The van der Waals surface area contributed by atoms with Crippen molar-refractivity contribution in [1.82, 2.24) is 10.2 Å². The Balaban J connectivity index is 1.48. The van der Waals surface area contributed by atoms with Crippen LogP contribution in [0.15, 0.2) is 54.6 Å². The van der Waals surface area contributed by atoms with E-state index in [0.717, 1.165) is 18.4 Å². The van der Waals surface area contributed by atoms with E-state index in [1.54, 1.807) is 12.1 Å². The van der Waals surface area contributed by atoms with E-state index in [2.05, 4.69) is 5.32 Å². The second kappa shape index (κ2) is 7.83. The number of benzene rings is 2. The number of amides is 2. The highest BCUT2D eigenvalue weighted by Gasteiger charge is 2.24. The highest BCUT2D eigenvalue weighted by atomic mass is 16.3. The van der Waals surface area contributed by atoms with Gasteiger partial charge in [0.2, 0.25) is 5.91 Å². The molecule has 2 aromatic carbocycles. The summed E-state index contributed by atoms with van der Waals surface area (Å²) >= 11 is 0. The van der Waals surface area contributed by atoms with Gasteiger partial charge in [-0.15, -0.1) is 0 Å². The maximum atomic E-state index is 12.4. The van der Waals surface area contributed by atoms with E-state index in [0.29, 0.717) is 25.1 Å². The molecule has 0 aromatic heterocycles. The molecule has 0 aliphatic carbocycles. The number of nitrogens with zero attached hydrogens (tertiary/aromatic N) is 1. The number of piperidine rings is 1. The molecule has 1 fully saturated rings. The molecule has 2 N–H and O–H groups in total. The zero-order valence-electron chi connectivity index (χ0n) is 14.0. The van der Waals surface area contributed by atoms with E-state index >= 15 is 0 Å². The molecule has 1 aliphatic rings. The fourth-order valence-corrected chi connectivity index (χ4v) is 3.07. The van der Waals surface area contributed by atoms with Gasteiger partial charge in [0.25, 0.3) is 5.91 Å². The molecule has 1 heterocycles. The molecule has 1 aliphatic heterocycles. The van der Waals surface area contributed by atoms with Crippen molar-refractivity contribution in [2.75, 3.05) is 13.1 Å². The zero-order valence-corrected chi connectivity index (χ0v) is 14.0. The number of nitrogens with one attached hydrogen (secondary N) is 1. The van der Waals surface area contributed by atoms with Crippen molar-refractivity contribution in [2.45, 2.75) is 25.3 Å². The van der Waals surface area contributed by atoms with Crippen LogP contribution in [0.2, 0.25) is 0 Å². The van der Waals surface area contributed by atoms with Crippen LogP contribution in [0, 0.1) is 0 Å². The molecule has 0 bridgehead atoms. The molecule has 2 aromatic rings. The molecule has 5 nitrogen and oxygen atoms in total. The molecule has 5 heteroatoms. The summed E-state index contributed by atoms with van der Waals surface area (Å²) in [6.07, 6.45) is 1.90. The monoisotopic (exact) mass is 338 g/mol. The Morgan fingerprint density at radius 3 is 2.44 bits per heavy atom. The first-order chi connectivity index (χ1) is 12.1. The Hall–Kier alpha value is -2.82. The van der Waals surface area contributed by atoms with E-state index < -0.39 is 0 Å². The van der Waals surface area contributed by atoms with Crippen LogP contribution in [0.25, 0.3) is 0 Å². The van der Waals surface area contributed by atoms with E-state index in [4.69, 9.17) is 0 Å². The van der Waals surface area contributed by atoms with Crippen molar-refractivity contribution in [2.24, 2.45) is 0 Å². The van der Waals surface area contributed by atoms with Gasteiger partial charge in [0, 0.05) is 24.7 Å². The van der Waals surface area contributed by atoms with E-state index in [-0.39, 0.29) is 23.6 Å². The molecule has 3 rings (SSSR count). The van der Waals surface area contributed by atoms with Gasteiger partial charge >= 0.3 is 0 Å². The smallest absolute Gasteiger partial charge is 0.251 e. The first kappa shape index (κ1) is 17.0. The average Bonchev–Trinajstić information content (AvgIpc) is 2.63. The number of carbonyl (C=O) groups excluding carboxylic acids is 2. The van der Waals surface area contributed by atoms with Crippen LogP contribution in [0.3, 0.4) is 0 Å². The number of hydrogen-bond acceptors (Lipinski definition) is 3. The molecule has 130 valence electrons. The van der Waals surface area contributed by atoms with Crippen molar-refractivity contribution < 1.29 is 14.7 Å². The summed E-state index contributed by atoms with van der Waals surface area (Å²) in [5.74, 6) is 0.0166. The normalized spacial score (nSPS) is 15.0. The van der Waals surface area contributed by atoms with Gasteiger partial charge in [0.05, 0.1) is 6.42 Å². The lowest BCUT2D eigenvalue weighted by Crippen LogP contribution is -2.46. The summed E-state index contributed by atoms with van der Waals surface area (Å²) in [6, 6.07) is 16.1. The Morgan fingerprint density at radius 1 is 1.04 bits per heavy atom. The second-order valence-corrected chi connectivity index (χ2v) is 6.34. The predicted molar refractivity (Wildman–Crippen MR) is 95.3 cm³/mol. The Morgan fingerprint density at radius 2 is 1.76 bits per heavy atom. The topological polar surface area (TPSA) is 69.6 Å². The van der Waals surface area contributed by atoms with Gasteiger partial charge < -0.3 is 15.3 Å². The highest BCUT2D eigenvalue weighted by Crippen LogP contribution is 2.15. The third-order valence-corrected chi connectivity index (χ3v) is 4.49. The van der Waals surface area contributed by atoms with Crippen molar-refractivity contribution >= 4 is 11.8 Å². The number of phenolic OH excluding ortho intramolecular Hbond substituents is 1. The van der Waals surface area contributed by atoms with Gasteiger partial charge in [0.15, 0.2) is 0 Å². The Kier molecular flexibility index (Phi) is 5.33.